The molecule has 0 heterocycles. The molecule has 0 nitrogen and oxygen atoms in total. The molecule has 0 atom stereocenters. The molecule has 0 unspecified atom stereocenters. The summed E-state index contributed by atoms with van der Waals surface area (Å²) in [4.78, 5) is 0. The van der Waals surface area contributed by atoms with Gasteiger partial charge in [0.2, 0.25) is 0 Å². The zero-order valence-corrected chi connectivity index (χ0v) is 9.81. The Morgan fingerprint density at radius 1 is 1.00 bits per heavy atom. The van der Waals surface area contributed by atoms with Gasteiger partial charge in [-0.2, -0.15) is 0 Å². The van der Waals surface area contributed by atoms with Crippen molar-refractivity contribution in [3.63, 3.8) is 0 Å². The molecule has 0 aliphatic carbocycles. The van der Waals surface area contributed by atoms with Gasteiger partial charge in [0.1, 0.15) is 0 Å². The number of benzene rings is 1. The van der Waals surface area contributed by atoms with E-state index in [-0.39, 0.29) is 0 Å². The van der Waals surface area contributed by atoms with Crippen molar-refractivity contribution in [1.82, 2.24) is 0 Å². The molecule has 0 aromatic heterocycles. The van der Waals surface area contributed by atoms with Gasteiger partial charge in [0.15, 0.2) is 0 Å². The quantitative estimate of drug-likeness (QED) is 0.646. The van der Waals surface area contributed by atoms with E-state index in [0.717, 1.165) is 11.1 Å². The van der Waals surface area contributed by atoms with Crippen molar-refractivity contribution >= 4 is 0 Å². The summed E-state index contributed by atoms with van der Waals surface area (Å²) < 4.78 is 22.7. The van der Waals surface area contributed by atoms with Crippen LogP contribution in [0.2, 0.25) is 0 Å². The van der Waals surface area contributed by atoms with Gasteiger partial charge < -0.3 is 0 Å². The first kappa shape index (κ1) is 7.50. The van der Waals surface area contributed by atoms with E-state index in [1.807, 2.05) is 12.1 Å². The van der Waals surface area contributed by atoms with Gasteiger partial charge in [-0.3, -0.25) is 0 Å². The first-order valence-corrected chi connectivity index (χ1v) is 5.29. The third-order valence-corrected chi connectivity index (χ3v) is 2.73. The van der Waals surface area contributed by atoms with Gasteiger partial charge in [0, 0.05) is 4.11 Å². The van der Waals surface area contributed by atoms with Gasteiger partial charge in [0.05, 0.1) is 0 Å². The van der Waals surface area contributed by atoms with E-state index in [1.54, 1.807) is 0 Å². The highest BCUT2D eigenvalue weighted by Gasteiger charge is 2.10. The topological polar surface area (TPSA) is 0 Å². The molecule has 0 bridgehead atoms. The van der Waals surface area contributed by atoms with Gasteiger partial charge in [-0.15, -0.1) is 0 Å². The van der Waals surface area contributed by atoms with E-state index in [0.29, 0.717) is 17.4 Å². The van der Waals surface area contributed by atoms with E-state index >= 15 is 0 Å². The summed E-state index contributed by atoms with van der Waals surface area (Å²) >= 11 is 0. The summed E-state index contributed by atoms with van der Waals surface area (Å²) in [5.74, 6) is 0.713. The molecule has 1 aromatic carbocycles. The lowest BCUT2D eigenvalue weighted by Gasteiger charge is -2.17. The predicted octanol–water partition coefficient (Wildman–Crippen LogP) is 4.55. The lowest BCUT2D eigenvalue weighted by molar-refractivity contribution is 0.814. The third-order valence-electron chi connectivity index (χ3n) is 2.73. The van der Waals surface area contributed by atoms with Crippen LogP contribution < -0.4 is 0 Å². The Kier molecular flexibility index (Phi) is 2.23. The Hall–Kier alpha value is -0.780. The first-order chi connectivity index (χ1) is 7.64. The van der Waals surface area contributed by atoms with E-state index in [2.05, 4.69) is 34.6 Å². The van der Waals surface area contributed by atoms with Crippen LogP contribution in [0.3, 0.4) is 0 Å². The fourth-order valence-corrected chi connectivity index (χ4v) is 1.96. The maximum absolute atomic E-state index is 7.55. The molecule has 0 amide bonds. The Morgan fingerprint density at radius 3 is 1.71 bits per heavy atom. The van der Waals surface area contributed by atoms with E-state index in [1.165, 1.54) is 5.56 Å². The van der Waals surface area contributed by atoms with Crippen molar-refractivity contribution in [2.45, 2.75) is 53.3 Å². The van der Waals surface area contributed by atoms with E-state index in [9.17, 15) is 0 Å². The fraction of sp³-hybridized carbons (Fsp3) is 0.571. The molecule has 14 heavy (non-hydrogen) atoms. The minimum atomic E-state index is -2.01. The second-order valence-electron chi connectivity index (χ2n) is 4.59. The summed E-state index contributed by atoms with van der Waals surface area (Å²) in [6.45, 7) is 8.51. The SMILES string of the molecule is [2H]C([2H])([2H])c1cc(C(C)C)c(C)c(C(C)C)c1. The molecule has 0 aliphatic rings. The molecule has 0 heteroatoms. The van der Waals surface area contributed by atoms with Crippen molar-refractivity contribution in [3.05, 3.63) is 34.4 Å². The fourth-order valence-electron chi connectivity index (χ4n) is 1.96. The molecule has 0 saturated heterocycles. The maximum Gasteiger partial charge on any atom is 0.0280 e. The Labute approximate surface area is 92.6 Å². The molecule has 0 radical (unpaired) electrons. The average molecular weight is 193 g/mol. The van der Waals surface area contributed by atoms with Crippen LogP contribution in [0.4, 0.5) is 0 Å². The summed E-state index contributed by atoms with van der Waals surface area (Å²) in [6.07, 6.45) is 0. The van der Waals surface area contributed by atoms with Crippen molar-refractivity contribution in [2.24, 2.45) is 0 Å². The van der Waals surface area contributed by atoms with Crippen LogP contribution >= 0.6 is 0 Å². The highest BCUT2D eigenvalue weighted by atomic mass is 14.2. The molecular formula is C14H22. The Morgan fingerprint density at radius 2 is 1.43 bits per heavy atom. The van der Waals surface area contributed by atoms with Crippen LogP contribution in [-0.4, -0.2) is 0 Å². The summed E-state index contributed by atoms with van der Waals surface area (Å²) in [5, 5.41) is 0. The van der Waals surface area contributed by atoms with Crippen LogP contribution in [0, 0.1) is 13.8 Å². The summed E-state index contributed by atoms with van der Waals surface area (Å²) in [5.41, 5.74) is 4.02. The maximum atomic E-state index is 7.55. The molecular weight excluding hydrogens is 168 g/mol. The van der Waals surface area contributed by atoms with Crippen molar-refractivity contribution in [3.8, 4) is 0 Å². The van der Waals surface area contributed by atoms with Crippen LogP contribution in [0.1, 0.15) is 65.9 Å². The van der Waals surface area contributed by atoms with Gasteiger partial charge in [-0.1, -0.05) is 45.4 Å². The molecule has 0 saturated carbocycles. The molecule has 1 aromatic rings. The smallest absolute Gasteiger partial charge is 0.0280 e. The molecule has 0 N–H and O–H groups in total. The molecule has 78 valence electrons. The largest absolute Gasteiger partial charge is 0.0587 e. The number of hydrogen-bond donors (Lipinski definition) is 0. The zero-order chi connectivity index (χ0) is 13.4. The van der Waals surface area contributed by atoms with Gasteiger partial charge in [0.25, 0.3) is 0 Å². The second-order valence-corrected chi connectivity index (χ2v) is 4.59. The molecule has 0 fully saturated rings. The molecule has 0 spiro atoms. The van der Waals surface area contributed by atoms with Gasteiger partial charge in [-0.05, 0) is 42.3 Å². The Balaban J connectivity index is 3.48. The van der Waals surface area contributed by atoms with E-state index in [4.69, 9.17) is 4.11 Å². The predicted molar refractivity (Wildman–Crippen MR) is 64.1 cm³/mol. The minimum Gasteiger partial charge on any atom is -0.0587 e. The standard InChI is InChI=1S/C14H22/c1-9(2)13-7-11(5)8-14(10(3)4)12(13)6/h7-10H,1-6H3/i5D3. The normalized spacial score (nSPS) is 15.5. The first-order valence-electron chi connectivity index (χ1n) is 6.79. The van der Waals surface area contributed by atoms with Crippen LogP contribution in [0.25, 0.3) is 0 Å². The highest BCUT2D eigenvalue weighted by Crippen LogP contribution is 2.28. The monoisotopic (exact) mass is 193 g/mol. The van der Waals surface area contributed by atoms with Crippen LogP contribution in [-0.2, 0) is 0 Å². The third kappa shape index (κ3) is 2.17. The lowest BCUT2D eigenvalue weighted by atomic mass is 9.88. The lowest BCUT2D eigenvalue weighted by Crippen LogP contribution is -2.00. The average Bonchev–Trinajstić information content (AvgIpc) is 2.14. The molecule has 1 rings (SSSR count). The van der Waals surface area contributed by atoms with Crippen molar-refractivity contribution in [2.75, 3.05) is 0 Å². The second kappa shape index (κ2) is 4.16. The molecule has 0 aliphatic heterocycles. The van der Waals surface area contributed by atoms with Crippen LogP contribution in [0.15, 0.2) is 12.1 Å². The summed E-state index contributed by atoms with van der Waals surface area (Å²) in [7, 11) is 0. The number of hydrogen-bond acceptors (Lipinski definition) is 0. The number of rotatable bonds is 2. The Bertz CT molecular complexity index is 371. The number of aryl methyl sites for hydroxylation is 1. The van der Waals surface area contributed by atoms with E-state index < -0.39 is 6.85 Å². The summed E-state index contributed by atoms with van der Waals surface area (Å²) in [6, 6.07) is 3.69. The zero-order valence-electron chi connectivity index (χ0n) is 12.8. The minimum absolute atomic E-state index is 0.356. The van der Waals surface area contributed by atoms with Gasteiger partial charge >= 0.3 is 0 Å². The highest BCUT2D eigenvalue weighted by molar-refractivity contribution is 5.41. The van der Waals surface area contributed by atoms with Crippen molar-refractivity contribution < 1.29 is 4.11 Å². The van der Waals surface area contributed by atoms with Crippen LogP contribution in [0.5, 0.6) is 0 Å². The van der Waals surface area contributed by atoms with Crippen molar-refractivity contribution in [1.29, 1.82) is 0 Å². The van der Waals surface area contributed by atoms with Gasteiger partial charge in [-0.25, -0.2) is 0 Å².